The Morgan fingerprint density at radius 1 is 1.44 bits per heavy atom. The molecular weight excluding hydrogens is 208 g/mol. The Labute approximate surface area is 92.8 Å². The maximum Gasteiger partial charge on any atom is 0.336 e. The van der Waals surface area contributed by atoms with Crippen LogP contribution in [0.4, 0.5) is 0 Å². The van der Waals surface area contributed by atoms with Gasteiger partial charge in [-0.05, 0) is 26.0 Å². The number of aromatic carboxylic acids is 1. The van der Waals surface area contributed by atoms with Gasteiger partial charge in [-0.2, -0.15) is 0 Å². The number of fused-ring (bicyclic) bond motifs is 1. The van der Waals surface area contributed by atoms with E-state index in [0.29, 0.717) is 5.75 Å². The largest absolute Gasteiger partial charge is 0.487 e. The predicted molar refractivity (Wildman–Crippen MR) is 57.1 cm³/mol. The van der Waals surface area contributed by atoms with Crippen LogP contribution in [-0.4, -0.2) is 22.5 Å². The molecule has 1 aromatic carbocycles. The van der Waals surface area contributed by atoms with Gasteiger partial charge in [-0.25, -0.2) is 4.79 Å². The topological polar surface area (TPSA) is 63.6 Å². The molecule has 0 aromatic heterocycles. The second-order valence-corrected chi connectivity index (χ2v) is 4.45. The molecule has 0 unspecified atom stereocenters. The summed E-state index contributed by atoms with van der Waals surface area (Å²) in [5.41, 5.74) is -0.367. The fraction of sp³-hybridized carbons (Fsp3) is 0.333. The van der Waals surface area contributed by atoms with Crippen molar-refractivity contribution in [2.75, 3.05) is 0 Å². The van der Waals surface area contributed by atoms with Crippen LogP contribution in [0.1, 0.15) is 41.0 Å². The zero-order chi connectivity index (χ0) is 11.9. The molecule has 1 aliphatic rings. The van der Waals surface area contributed by atoms with Crippen molar-refractivity contribution in [2.45, 2.75) is 25.9 Å². The number of carboxylic acid groups (broad SMARTS) is 1. The van der Waals surface area contributed by atoms with Gasteiger partial charge in [0.2, 0.25) is 0 Å². The molecule has 16 heavy (non-hydrogen) atoms. The molecule has 0 bridgehead atoms. The molecule has 0 saturated heterocycles. The average Bonchev–Trinajstić information content (AvgIpc) is 2.14. The van der Waals surface area contributed by atoms with Crippen LogP contribution >= 0.6 is 0 Å². The molecule has 4 heteroatoms. The first-order valence-electron chi connectivity index (χ1n) is 4.99. The SMILES string of the molecule is CC1(C)CC(=O)c2c(cccc2C(=O)O)O1. The summed E-state index contributed by atoms with van der Waals surface area (Å²) in [5.74, 6) is -0.918. The first-order valence-corrected chi connectivity index (χ1v) is 4.99. The van der Waals surface area contributed by atoms with Gasteiger partial charge in [0.1, 0.15) is 11.4 Å². The minimum Gasteiger partial charge on any atom is -0.487 e. The lowest BCUT2D eigenvalue weighted by molar-refractivity contribution is 0.0589. The minimum absolute atomic E-state index is 0.0120. The van der Waals surface area contributed by atoms with Crippen molar-refractivity contribution in [3.63, 3.8) is 0 Å². The first-order chi connectivity index (χ1) is 7.41. The van der Waals surface area contributed by atoms with E-state index >= 15 is 0 Å². The van der Waals surface area contributed by atoms with Crippen LogP contribution in [-0.2, 0) is 0 Å². The molecule has 2 rings (SSSR count). The van der Waals surface area contributed by atoms with E-state index in [4.69, 9.17) is 9.84 Å². The molecule has 1 aliphatic heterocycles. The number of carbonyl (C=O) groups excluding carboxylic acids is 1. The van der Waals surface area contributed by atoms with Gasteiger partial charge in [0.15, 0.2) is 5.78 Å². The first kappa shape index (κ1) is 10.7. The summed E-state index contributed by atoms with van der Waals surface area (Å²) in [6.45, 7) is 3.61. The summed E-state index contributed by atoms with van der Waals surface area (Å²) < 4.78 is 5.60. The van der Waals surface area contributed by atoms with Gasteiger partial charge in [-0.1, -0.05) is 6.07 Å². The molecule has 84 valence electrons. The van der Waals surface area contributed by atoms with Crippen LogP contribution in [0.15, 0.2) is 18.2 Å². The third-order valence-electron chi connectivity index (χ3n) is 2.51. The lowest BCUT2D eigenvalue weighted by atomic mass is 9.90. The minimum atomic E-state index is -1.10. The summed E-state index contributed by atoms with van der Waals surface area (Å²) in [6, 6.07) is 4.62. The predicted octanol–water partition coefficient (Wildman–Crippen LogP) is 2.13. The van der Waals surface area contributed by atoms with E-state index in [2.05, 4.69) is 0 Å². The summed E-state index contributed by atoms with van der Waals surface area (Å²) in [6.07, 6.45) is 0.199. The molecule has 0 aliphatic carbocycles. The normalized spacial score (nSPS) is 17.5. The highest BCUT2D eigenvalue weighted by atomic mass is 16.5. The van der Waals surface area contributed by atoms with Crippen molar-refractivity contribution in [2.24, 2.45) is 0 Å². The number of hydrogen-bond acceptors (Lipinski definition) is 3. The summed E-state index contributed by atoms with van der Waals surface area (Å²) >= 11 is 0. The molecule has 1 aromatic rings. The Morgan fingerprint density at radius 3 is 2.75 bits per heavy atom. The summed E-state index contributed by atoms with van der Waals surface area (Å²) in [7, 11) is 0. The number of carbonyl (C=O) groups is 2. The number of ether oxygens (including phenoxy) is 1. The second kappa shape index (κ2) is 3.33. The fourth-order valence-electron chi connectivity index (χ4n) is 1.89. The van der Waals surface area contributed by atoms with Crippen LogP contribution in [0.3, 0.4) is 0 Å². The Morgan fingerprint density at radius 2 is 2.12 bits per heavy atom. The lowest BCUT2D eigenvalue weighted by Crippen LogP contribution is -2.36. The van der Waals surface area contributed by atoms with Crippen molar-refractivity contribution in [3.05, 3.63) is 29.3 Å². The van der Waals surface area contributed by atoms with Gasteiger partial charge in [0, 0.05) is 0 Å². The van der Waals surface area contributed by atoms with E-state index in [9.17, 15) is 9.59 Å². The second-order valence-electron chi connectivity index (χ2n) is 4.45. The van der Waals surface area contributed by atoms with Crippen LogP contribution in [0.25, 0.3) is 0 Å². The number of hydrogen-bond donors (Lipinski definition) is 1. The Bertz CT molecular complexity index is 474. The monoisotopic (exact) mass is 220 g/mol. The van der Waals surface area contributed by atoms with Crippen molar-refractivity contribution in [3.8, 4) is 5.75 Å². The molecule has 0 atom stereocenters. The van der Waals surface area contributed by atoms with Crippen LogP contribution < -0.4 is 4.74 Å². The highest BCUT2D eigenvalue weighted by molar-refractivity contribution is 6.08. The number of carboxylic acids is 1. The molecule has 0 saturated carbocycles. The number of Topliss-reactive ketones (excluding diaryl/α,β-unsaturated/α-hetero) is 1. The van der Waals surface area contributed by atoms with Crippen molar-refractivity contribution in [1.82, 2.24) is 0 Å². The molecule has 1 heterocycles. The third kappa shape index (κ3) is 1.66. The third-order valence-corrected chi connectivity index (χ3v) is 2.51. The van der Waals surface area contributed by atoms with E-state index in [1.807, 2.05) is 0 Å². The van der Waals surface area contributed by atoms with Crippen LogP contribution in [0.2, 0.25) is 0 Å². The van der Waals surface area contributed by atoms with E-state index in [0.717, 1.165) is 0 Å². The smallest absolute Gasteiger partial charge is 0.336 e. The van der Waals surface area contributed by atoms with E-state index in [-0.39, 0.29) is 23.3 Å². The average molecular weight is 220 g/mol. The van der Waals surface area contributed by atoms with Gasteiger partial charge in [-0.3, -0.25) is 4.79 Å². The standard InChI is InChI=1S/C12H12O4/c1-12(2)6-8(13)10-7(11(14)15)4-3-5-9(10)16-12/h3-5H,6H2,1-2H3,(H,14,15). The van der Waals surface area contributed by atoms with E-state index in [1.165, 1.54) is 6.07 Å². The maximum atomic E-state index is 11.9. The molecule has 0 fully saturated rings. The Balaban J connectivity index is 2.60. The highest BCUT2D eigenvalue weighted by Crippen LogP contribution is 2.34. The number of rotatable bonds is 1. The van der Waals surface area contributed by atoms with Crippen molar-refractivity contribution < 1.29 is 19.4 Å². The zero-order valence-corrected chi connectivity index (χ0v) is 9.11. The Hall–Kier alpha value is -1.84. The molecule has 1 N–H and O–H groups in total. The van der Waals surface area contributed by atoms with Crippen LogP contribution in [0, 0.1) is 0 Å². The van der Waals surface area contributed by atoms with Gasteiger partial charge < -0.3 is 9.84 Å². The Kier molecular flexibility index (Phi) is 2.22. The molecule has 0 radical (unpaired) electrons. The van der Waals surface area contributed by atoms with Gasteiger partial charge in [0.25, 0.3) is 0 Å². The van der Waals surface area contributed by atoms with Crippen molar-refractivity contribution >= 4 is 11.8 Å². The fourth-order valence-corrected chi connectivity index (χ4v) is 1.89. The van der Waals surface area contributed by atoms with E-state index < -0.39 is 11.6 Å². The quantitative estimate of drug-likeness (QED) is 0.787. The molecular formula is C12H12O4. The summed E-state index contributed by atoms with van der Waals surface area (Å²) in [5, 5.41) is 8.98. The summed E-state index contributed by atoms with van der Waals surface area (Å²) in [4.78, 5) is 22.9. The zero-order valence-electron chi connectivity index (χ0n) is 9.11. The maximum absolute atomic E-state index is 11.9. The van der Waals surface area contributed by atoms with Crippen LogP contribution in [0.5, 0.6) is 5.75 Å². The molecule has 0 spiro atoms. The molecule has 4 nitrogen and oxygen atoms in total. The lowest BCUT2D eigenvalue weighted by Gasteiger charge is -2.31. The number of benzene rings is 1. The van der Waals surface area contributed by atoms with E-state index in [1.54, 1.807) is 26.0 Å². The van der Waals surface area contributed by atoms with Gasteiger partial charge >= 0.3 is 5.97 Å². The van der Waals surface area contributed by atoms with Gasteiger partial charge in [-0.15, -0.1) is 0 Å². The number of ketones is 1. The van der Waals surface area contributed by atoms with Crippen molar-refractivity contribution in [1.29, 1.82) is 0 Å². The van der Waals surface area contributed by atoms with Gasteiger partial charge in [0.05, 0.1) is 17.5 Å². The highest BCUT2D eigenvalue weighted by Gasteiger charge is 2.34. The molecule has 0 amide bonds.